The molecule has 2 nitrogen and oxygen atoms in total. The Balaban J connectivity index is 2.02. The quantitative estimate of drug-likeness (QED) is 0.883. The number of hydrogen-bond acceptors (Lipinski definition) is 2. The average molecular weight is 248 g/mol. The van der Waals surface area contributed by atoms with Crippen LogP contribution in [0, 0.1) is 0 Å². The van der Waals surface area contributed by atoms with Crippen molar-refractivity contribution in [1.82, 2.24) is 0 Å². The predicted molar refractivity (Wildman–Crippen MR) is 71.8 cm³/mol. The van der Waals surface area contributed by atoms with Crippen LogP contribution in [0.5, 0.6) is 5.75 Å². The number of methoxy groups -OCH3 is 1. The Bertz CT molecular complexity index is 499. The van der Waals surface area contributed by atoms with E-state index in [2.05, 4.69) is 11.4 Å². The van der Waals surface area contributed by atoms with Crippen LogP contribution >= 0.6 is 11.6 Å². The van der Waals surface area contributed by atoms with E-state index in [0.717, 1.165) is 23.0 Å². The Labute approximate surface area is 106 Å². The van der Waals surface area contributed by atoms with Gasteiger partial charge < -0.3 is 10.1 Å². The SMILES string of the molecule is COc1cccc(CNc2cccc(Cl)c2)c1. The molecular formula is C14H14ClNO. The topological polar surface area (TPSA) is 21.3 Å². The van der Waals surface area contributed by atoms with Crippen molar-refractivity contribution in [3.63, 3.8) is 0 Å². The van der Waals surface area contributed by atoms with Gasteiger partial charge in [-0.2, -0.15) is 0 Å². The highest BCUT2D eigenvalue weighted by Crippen LogP contribution is 2.17. The molecule has 2 aromatic carbocycles. The molecule has 0 aliphatic carbocycles. The highest BCUT2D eigenvalue weighted by molar-refractivity contribution is 6.30. The van der Waals surface area contributed by atoms with Gasteiger partial charge in [0.05, 0.1) is 7.11 Å². The first kappa shape index (κ1) is 11.8. The summed E-state index contributed by atoms with van der Waals surface area (Å²) in [7, 11) is 1.67. The summed E-state index contributed by atoms with van der Waals surface area (Å²) in [6.07, 6.45) is 0. The maximum absolute atomic E-state index is 5.91. The Kier molecular flexibility index (Phi) is 3.89. The van der Waals surface area contributed by atoms with E-state index in [4.69, 9.17) is 16.3 Å². The predicted octanol–water partition coefficient (Wildman–Crippen LogP) is 3.96. The van der Waals surface area contributed by atoms with Crippen molar-refractivity contribution in [2.45, 2.75) is 6.54 Å². The van der Waals surface area contributed by atoms with E-state index in [9.17, 15) is 0 Å². The summed E-state index contributed by atoms with van der Waals surface area (Å²) < 4.78 is 5.18. The summed E-state index contributed by atoms with van der Waals surface area (Å²) >= 11 is 5.91. The van der Waals surface area contributed by atoms with Crippen LogP contribution in [0.1, 0.15) is 5.56 Å². The minimum Gasteiger partial charge on any atom is -0.497 e. The van der Waals surface area contributed by atoms with Crippen molar-refractivity contribution in [2.24, 2.45) is 0 Å². The van der Waals surface area contributed by atoms with Crippen molar-refractivity contribution in [2.75, 3.05) is 12.4 Å². The molecule has 0 radical (unpaired) electrons. The van der Waals surface area contributed by atoms with E-state index in [-0.39, 0.29) is 0 Å². The first-order valence-electron chi connectivity index (χ1n) is 5.40. The zero-order valence-electron chi connectivity index (χ0n) is 9.61. The Morgan fingerprint density at radius 2 is 1.94 bits per heavy atom. The van der Waals surface area contributed by atoms with Crippen LogP contribution in [-0.4, -0.2) is 7.11 Å². The molecule has 0 spiro atoms. The van der Waals surface area contributed by atoms with Gasteiger partial charge in [0.1, 0.15) is 5.75 Å². The number of benzene rings is 2. The molecule has 0 bridgehead atoms. The lowest BCUT2D eigenvalue weighted by molar-refractivity contribution is 0.414. The van der Waals surface area contributed by atoms with Crippen molar-refractivity contribution >= 4 is 17.3 Å². The Hall–Kier alpha value is -1.67. The number of nitrogens with one attached hydrogen (secondary N) is 1. The van der Waals surface area contributed by atoms with Gasteiger partial charge in [0.2, 0.25) is 0 Å². The first-order valence-corrected chi connectivity index (χ1v) is 5.78. The highest BCUT2D eigenvalue weighted by Gasteiger charge is 1.97. The molecule has 88 valence electrons. The molecule has 0 fully saturated rings. The molecule has 0 aromatic heterocycles. The summed E-state index contributed by atoms with van der Waals surface area (Å²) in [5.74, 6) is 0.871. The van der Waals surface area contributed by atoms with Gasteiger partial charge in [-0.25, -0.2) is 0 Å². The van der Waals surface area contributed by atoms with Crippen LogP contribution in [0.4, 0.5) is 5.69 Å². The van der Waals surface area contributed by atoms with Crippen LogP contribution in [0.3, 0.4) is 0 Å². The summed E-state index contributed by atoms with van der Waals surface area (Å²) in [4.78, 5) is 0. The van der Waals surface area contributed by atoms with E-state index in [1.807, 2.05) is 42.5 Å². The van der Waals surface area contributed by atoms with Gasteiger partial charge in [-0.3, -0.25) is 0 Å². The fourth-order valence-electron chi connectivity index (χ4n) is 1.58. The standard InChI is InChI=1S/C14H14ClNO/c1-17-14-7-2-4-11(8-14)10-16-13-6-3-5-12(15)9-13/h2-9,16H,10H2,1H3. The normalized spacial score (nSPS) is 10.0. The molecule has 3 heteroatoms. The zero-order chi connectivity index (χ0) is 12.1. The van der Waals surface area contributed by atoms with Gasteiger partial charge in [0.25, 0.3) is 0 Å². The average Bonchev–Trinajstić information content (AvgIpc) is 2.37. The Morgan fingerprint density at radius 1 is 1.12 bits per heavy atom. The summed E-state index contributed by atoms with van der Waals surface area (Å²) in [5.41, 5.74) is 2.18. The molecule has 0 saturated heterocycles. The van der Waals surface area contributed by atoms with Gasteiger partial charge in [0, 0.05) is 17.3 Å². The van der Waals surface area contributed by atoms with Crippen LogP contribution in [0.25, 0.3) is 0 Å². The molecule has 0 saturated carbocycles. The largest absolute Gasteiger partial charge is 0.497 e. The lowest BCUT2D eigenvalue weighted by Crippen LogP contribution is -1.99. The molecular weight excluding hydrogens is 234 g/mol. The van der Waals surface area contributed by atoms with Crippen LogP contribution < -0.4 is 10.1 Å². The lowest BCUT2D eigenvalue weighted by atomic mass is 10.2. The second-order valence-electron chi connectivity index (χ2n) is 3.72. The number of halogens is 1. The van der Waals surface area contributed by atoms with Gasteiger partial charge in [0.15, 0.2) is 0 Å². The van der Waals surface area contributed by atoms with Crippen LogP contribution in [-0.2, 0) is 6.54 Å². The second-order valence-corrected chi connectivity index (χ2v) is 4.15. The summed E-state index contributed by atoms with van der Waals surface area (Å²) in [5, 5.41) is 4.05. The number of ether oxygens (including phenoxy) is 1. The summed E-state index contributed by atoms with van der Waals surface area (Å²) in [6.45, 7) is 0.748. The molecule has 0 atom stereocenters. The summed E-state index contributed by atoms with van der Waals surface area (Å²) in [6, 6.07) is 15.7. The molecule has 0 amide bonds. The molecule has 0 aliphatic rings. The van der Waals surface area contributed by atoms with Gasteiger partial charge in [-0.15, -0.1) is 0 Å². The lowest BCUT2D eigenvalue weighted by Gasteiger charge is -2.08. The fourth-order valence-corrected chi connectivity index (χ4v) is 1.78. The maximum atomic E-state index is 5.91. The monoisotopic (exact) mass is 247 g/mol. The second kappa shape index (κ2) is 5.60. The van der Waals surface area contributed by atoms with Gasteiger partial charge in [-0.05, 0) is 35.9 Å². The van der Waals surface area contributed by atoms with Crippen molar-refractivity contribution in [3.05, 3.63) is 59.1 Å². The van der Waals surface area contributed by atoms with Crippen LogP contribution in [0.15, 0.2) is 48.5 Å². The van der Waals surface area contributed by atoms with E-state index in [0.29, 0.717) is 0 Å². The van der Waals surface area contributed by atoms with Crippen molar-refractivity contribution in [3.8, 4) is 5.75 Å². The Morgan fingerprint density at radius 3 is 2.71 bits per heavy atom. The molecule has 1 N–H and O–H groups in total. The highest BCUT2D eigenvalue weighted by atomic mass is 35.5. The molecule has 2 rings (SSSR count). The fraction of sp³-hybridized carbons (Fsp3) is 0.143. The zero-order valence-corrected chi connectivity index (χ0v) is 10.4. The van der Waals surface area contributed by atoms with E-state index in [1.165, 1.54) is 5.56 Å². The van der Waals surface area contributed by atoms with Crippen molar-refractivity contribution < 1.29 is 4.74 Å². The molecule has 0 heterocycles. The molecule has 2 aromatic rings. The maximum Gasteiger partial charge on any atom is 0.119 e. The third-order valence-electron chi connectivity index (χ3n) is 2.46. The minimum atomic E-state index is 0.737. The number of rotatable bonds is 4. The van der Waals surface area contributed by atoms with E-state index < -0.39 is 0 Å². The van der Waals surface area contributed by atoms with Crippen molar-refractivity contribution in [1.29, 1.82) is 0 Å². The van der Waals surface area contributed by atoms with Gasteiger partial charge >= 0.3 is 0 Å². The van der Waals surface area contributed by atoms with E-state index >= 15 is 0 Å². The minimum absolute atomic E-state index is 0.737. The smallest absolute Gasteiger partial charge is 0.119 e. The molecule has 0 unspecified atom stereocenters. The van der Waals surface area contributed by atoms with E-state index in [1.54, 1.807) is 7.11 Å². The first-order chi connectivity index (χ1) is 8.28. The third-order valence-corrected chi connectivity index (χ3v) is 2.69. The molecule has 0 aliphatic heterocycles. The third kappa shape index (κ3) is 3.40. The number of anilines is 1. The molecule has 17 heavy (non-hydrogen) atoms. The van der Waals surface area contributed by atoms with Crippen LogP contribution in [0.2, 0.25) is 5.02 Å². The number of hydrogen-bond donors (Lipinski definition) is 1. The van der Waals surface area contributed by atoms with Gasteiger partial charge in [-0.1, -0.05) is 29.8 Å².